The highest BCUT2D eigenvalue weighted by Gasteiger charge is 2.04. The fraction of sp³-hybridized carbons (Fsp3) is 0.118. The van der Waals surface area contributed by atoms with Crippen molar-refractivity contribution in [3.63, 3.8) is 0 Å². The maximum Gasteiger partial charge on any atom is 0.0737 e. The van der Waals surface area contributed by atoms with Crippen molar-refractivity contribution in [2.45, 2.75) is 13.8 Å². The smallest absolute Gasteiger partial charge is 0.0737 e. The Balaban J connectivity index is 2.06. The number of aryl methyl sites for hydroxylation is 2. The Morgan fingerprint density at radius 2 is 1.70 bits per heavy atom. The lowest BCUT2D eigenvalue weighted by Crippen LogP contribution is -1.94. The van der Waals surface area contributed by atoms with Gasteiger partial charge in [0.05, 0.1) is 5.52 Å². The van der Waals surface area contributed by atoms with E-state index < -0.39 is 0 Å². The van der Waals surface area contributed by atoms with Crippen molar-refractivity contribution in [3.05, 3.63) is 64.8 Å². The third-order valence-corrected chi connectivity index (χ3v) is 3.44. The second-order valence-corrected chi connectivity index (χ2v) is 5.46. The Morgan fingerprint density at radius 1 is 0.950 bits per heavy atom. The molecule has 0 saturated carbocycles. The van der Waals surface area contributed by atoms with Crippen molar-refractivity contribution < 1.29 is 0 Å². The Morgan fingerprint density at radius 3 is 2.45 bits per heavy atom. The number of benzene rings is 2. The summed E-state index contributed by atoms with van der Waals surface area (Å²) in [7, 11) is 0. The summed E-state index contributed by atoms with van der Waals surface area (Å²) in [5.74, 6) is 0. The number of pyridine rings is 1. The maximum atomic E-state index is 6.01. The van der Waals surface area contributed by atoms with E-state index in [0.717, 1.165) is 22.3 Å². The number of aromatic nitrogens is 1. The average molecular weight is 283 g/mol. The van der Waals surface area contributed by atoms with Gasteiger partial charge in [-0.25, -0.2) is 0 Å². The zero-order valence-corrected chi connectivity index (χ0v) is 12.2. The number of hydrogen-bond donors (Lipinski definition) is 1. The standard InChI is InChI=1S/C17H15ClN2/c1-11-7-12(2)9-14(8-11)20-16-5-6-19-17-10-13(18)3-4-15(16)17/h3-10H,1-2H3,(H,19,20). The summed E-state index contributed by atoms with van der Waals surface area (Å²) >= 11 is 6.01. The first kappa shape index (κ1) is 12.9. The summed E-state index contributed by atoms with van der Waals surface area (Å²) in [6, 6.07) is 14.2. The van der Waals surface area contributed by atoms with E-state index in [0.29, 0.717) is 5.02 Å². The van der Waals surface area contributed by atoms with Gasteiger partial charge in [0, 0.05) is 28.0 Å². The minimum absolute atomic E-state index is 0.702. The van der Waals surface area contributed by atoms with Gasteiger partial charge < -0.3 is 5.32 Å². The molecule has 3 rings (SSSR count). The van der Waals surface area contributed by atoms with Crippen molar-refractivity contribution in [2.75, 3.05) is 5.32 Å². The molecule has 0 aliphatic rings. The highest BCUT2D eigenvalue weighted by Crippen LogP contribution is 2.27. The topological polar surface area (TPSA) is 24.9 Å². The predicted molar refractivity (Wildman–Crippen MR) is 86.0 cm³/mol. The molecule has 0 amide bonds. The second-order valence-electron chi connectivity index (χ2n) is 5.02. The normalized spacial score (nSPS) is 10.8. The molecule has 1 aromatic heterocycles. The summed E-state index contributed by atoms with van der Waals surface area (Å²) < 4.78 is 0. The van der Waals surface area contributed by atoms with E-state index in [-0.39, 0.29) is 0 Å². The minimum Gasteiger partial charge on any atom is -0.355 e. The van der Waals surface area contributed by atoms with Gasteiger partial charge in [-0.1, -0.05) is 17.7 Å². The molecular formula is C17H15ClN2. The minimum atomic E-state index is 0.702. The van der Waals surface area contributed by atoms with E-state index in [4.69, 9.17) is 11.6 Å². The summed E-state index contributed by atoms with van der Waals surface area (Å²) in [5.41, 5.74) is 5.51. The van der Waals surface area contributed by atoms with E-state index in [1.807, 2.05) is 24.3 Å². The SMILES string of the molecule is Cc1cc(C)cc(Nc2ccnc3cc(Cl)ccc23)c1. The molecule has 0 radical (unpaired) electrons. The van der Waals surface area contributed by atoms with Gasteiger partial charge in [0.25, 0.3) is 0 Å². The Bertz CT molecular complexity index is 761. The van der Waals surface area contributed by atoms with Gasteiger partial charge in [0.2, 0.25) is 0 Å². The predicted octanol–water partition coefficient (Wildman–Crippen LogP) is 5.25. The van der Waals surface area contributed by atoms with Crippen LogP contribution in [-0.4, -0.2) is 4.98 Å². The van der Waals surface area contributed by atoms with Crippen LogP contribution < -0.4 is 5.32 Å². The third-order valence-electron chi connectivity index (χ3n) is 3.21. The van der Waals surface area contributed by atoms with E-state index >= 15 is 0 Å². The molecule has 20 heavy (non-hydrogen) atoms. The maximum absolute atomic E-state index is 6.01. The van der Waals surface area contributed by atoms with Crippen LogP contribution in [0.5, 0.6) is 0 Å². The molecule has 0 spiro atoms. The molecule has 0 aliphatic heterocycles. The molecule has 0 bridgehead atoms. The Kier molecular flexibility index (Phi) is 3.33. The fourth-order valence-electron chi connectivity index (χ4n) is 2.43. The zero-order chi connectivity index (χ0) is 14.1. The van der Waals surface area contributed by atoms with Gasteiger partial charge in [-0.15, -0.1) is 0 Å². The van der Waals surface area contributed by atoms with Gasteiger partial charge in [-0.3, -0.25) is 4.98 Å². The van der Waals surface area contributed by atoms with Crippen molar-refractivity contribution >= 4 is 33.9 Å². The van der Waals surface area contributed by atoms with Crippen LogP contribution in [0.4, 0.5) is 11.4 Å². The molecule has 0 atom stereocenters. The number of anilines is 2. The number of nitrogens with zero attached hydrogens (tertiary/aromatic N) is 1. The first-order valence-corrected chi connectivity index (χ1v) is 6.89. The summed E-state index contributed by atoms with van der Waals surface area (Å²) in [5, 5.41) is 5.23. The van der Waals surface area contributed by atoms with Crippen LogP contribution >= 0.6 is 11.6 Å². The molecule has 0 fully saturated rings. The van der Waals surface area contributed by atoms with Gasteiger partial charge >= 0.3 is 0 Å². The van der Waals surface area contributed by atoms with E-state index in [1.165, 1.54) is 11.1 Å². The molecule has 0 saturated heterocycles. The van der Waals surface area contributed by atoms with Crippen molar-refractivity contribution in [1.29, 1.82) is 0 Å². The van der Waals surface area contributed by atoms with Crippen LogP contribution in [0.15, 0.2) is 48.7 Å². The molecule has 2 nitrogen and oxygen atoms in total. The van der Waals surface area contributed by atoms with Crippen molar-refractivity contribution in [3.8, 4) is 0 Å². The molecular weight excluding hydrogens is 268 g/mol. The second kappa shape index (κ2) is 5.14. The Hall–Kier alpha value is -2.06. The fourth-order valence-corrected chi connectivity index (χ4v) is 2.60. The molecule has 2 aromatic carbocycles. The molecule has 1 N–H and O–H groups in total. The first-order chi connectivity index (χ1) is 9.61. The number of fused-ring (bicyclic) bond motifs is 1. The van der Waals surface area contributed by atoms with E-state index in [9.17, 15) is 0 Å². The van der Waals surface area contributed by atoms with Gasteiger partial charge in [-0.2, -0.15) is 0 Å². The van der Waals surface area contributed by atoms with Crippen LogP contribution in [0.2, 0.25) is 5.02 Å². The quantitative estimate of drug-likeness (QED) is 0.694. The molecule has 3 heteroatoms. The summed E-state index contributed by atoms with van der Waals surface area (Å²) in [6.07, 6.45) is 1.80. The third kappa shape index (κ3) is 2.61. The van der Waals surface area contributed by atoms with Crippen LogP contribution in [0, 0.1) is 13.8 Å². The van der Waals surface area contributed by atoms with Gasteiger partial charge in [-0.05, 0) is 61.4 Å². The molecule has 3 aromatic rings. The van der Waals surface area contributed by atoms with Crippen LogP contribution in [0.3, 0.4) is 0 Å². The first-order valence-electron chi connectivity index (χ1n) is 6.51. The van der Waals surface area contributed by atoms with Crippen molar-refractivity contribution in [2.24, 2.45) is 0 Å². The molecule has 100 valence electrons. The van der Waals surface area contributed by atoms with Crippen LogP contribution in [0.1, 0.15) is 11.1 Å². The van der Waals surface area contributed by atoms with Crippen LogP contribution in [-0.2, 0) is 0 Å². The number of hydrogen-bond acceptors (Lipinski definition) is 2. The molecule has 1 heterocycles. The lowest BCUT2D eigenvalue weighted by atomic mass is 10.1. The Labute approximate surface area is 123 Å². The highest BCUT2D eigenvalue weighted by atomic mass is 35.5. The molecule has 0 aliphatic carbocycles. The van der Waals surface area contributed by atoms with Gasteiger partial charge in [0.1, 0.15) is 0 Å². The molecule has 0 unspecified atom stereocenters. The van der Waals surface area contributed by atoms with Crippen molar-refractivity contribution in [1.82, 2.24) is 4.98 Å². The average Bonchev–Trinajstić information content (AvgIpc) is 2.37. The number of halogens is 1. The summed E-state index contributed by atoms with van der Waals surface area (Å²) in [6.45, 7) is 4.20. The summed E-state index contributed by atoms with van der Waals surface area (Å²) in [4.78, 5) is 4.35. The number of nitrogens with one attached hydrogen (secondary N) is 1. The number of rotatable bonds is 2. The lowest BCUT2D eigenvalue weighted by molar-refractivity contribution is 1.37. The monoisotopic (exact) mass is 282 g/mol. The van der Waals surface area contributed by atoms with Crippen LogP contribution in [0.25, 0.3) is 10.9 Å². The van der Waals surface area contributed by atoms with E-state index in [1.54, 1.807) is 6.20 Å². The zero-order valence-electron chi connectivity index (χ0n) is 11.4. The highest BCUT2D eigenvalue weighted by molar-refractivity contribution is 6.31. The van der Waals surface area contributed by atoms with Gasteiger partial charge in [0.15, 0.2) is 0 Å². The van der Waals surface area contributed by atoms with E-state index in [2.05, 4.69) is 42.3 Å². The lowest BCUT2D eigenvalue weighted by Gasteiger charge is -2.11. The largest absolute Gasteiger partial charge is 0.355 e.